The number of carbonyl (C=O) groups is 2. The quantitative estimate of drug-likeness (QED) is 0.573. The summed E-state index contributed by atoms with van der Waals surface area (Å²) in [7, 11) is 1.76. The van der Waals surface area contributed by atoms with Crippen LogP contribution in [-0.4, -0.2) is 26.6 Å². The number of hydrogen-bond donors (Lipinski definition) is 3. The number of aryl methyl sites for hydroxylation is 2. The summed E-state index contributed by atoms with van der Waals surface area (Å²) in [5, 5.41) is 11.3. The Morgan fingerprint density at radius 2 is 2.14 bits per heavy atom. The first-order valence-corrected chi connectivity index (χ1v) is 6.28. The normalized spacial score (nSPS) is 12.0. The van der Waals surface area contributed by atoms with Crippen LogP contribution in [0.3, 0.4) is 0 Å². The van der Waals surface area contributed by atoms with Crippen molar-refractivity contribution >= 4 is 11.8 Å². The Hall–Kier alpha value is -2.61. The largest absolute Gasteiger partial charge is 0.433 e. The second-order valence-electron chi connectivity index (χ2n) is 4.61. The fourth-order valence-corrected chi connectivity index (χ4v) is 1.89. The second kappa shape index (κ2) is 5.80. The molecule has 2 amide bonds. The summed E-state index contributed by atoms with van der Waals surface area (Å²) in [6, 6.07) is 2.93. The van der Waals surface area contributed by atoms with Gasteiger partial charge in [0.2, 0.25) is 11.7 Å². The first kappa shape index (κ1) is 14.8. The minimum atomic E-state index is -0.785. The lowest BCUT2D eigenvalue weighted by atomic mass is 10.3. The fraction of sp³-hybridized carbons (Fsp3) is 0.308. The van der Waals surface area contributed by atoms with Crippen LogP contribution in [0.15, 0.2) is 22.7 Å². The van der Waals surface area contributed by atoms with Gasteiger partial charge in [0, 0.05) is 13.2 Å². The van der Waals surface area contributed by atoms with E-state index in [2.05, 4.69) is 10.3 Å². The van der Waals surface area contributed by atoms with E-state index in [0.29, 0.717) is 11.4 Å². The van der Waals surface area contributed by atoms with Crippen molar-refractivity contribution in [3.63, 3.8) is 0 Å². The summed E-state index contributed by atoms with van der Waals surface area (Å²) in [5.74, 6) is -0.965. The highest BCUT2D eigenvalue weighted by atomic mass is 16.5. The van der Waals surface area contributed by atoms with Crippen LogP contribution in [-0.2, 0) is 7.05 Å². The predicted molar refractivity (Wildman–Crippen MR) is 71.8 cm³/mol. The highest BCUT2D eigenvalue weighted by molar-refractivity contribution is 5.93. The zero-order valence-corrected chi connectivity index (χ0v) is 11.9. The van der Waals surface area contributed by atoms with Crippen LogP contribution in [0, 0.1) is 6.92 Å². The van der Waals surface area contributed by atoms with Crippen molar-refractivity contribution in [1.82, 2.24) is 20.3 Å². The molecule has 0 radical (unpaired) electrons. The summed E-state index contributed by atoms with van der Waals surface area (Å²) in [6.45, 7) is 3.26. The van der Waals surface area contributed by atoms with Gasteiger partial charge in [0.25, 0.3) is 5.91 Å². The molecule has 3 N–H and O–H groups in total. The number of aromatic nitrogens is 2. The lowest BCUT2D eigenvalue weighted by Crippen LogP contribution is -2.28. The molecule has 0 aromatic carbocycles. The maximum atomic E-state index is 12.1. The fourth-order valence-electron chi connectivity index (χ4n) is 1.89. The van der Waals surface area contributed by atoms with Gasteiger partial charge in [0.1, 0.15) is 11.7 Å². The zero-order chi connectivity index (χ0) is 15.6. The van der Waals surface area contributed by atoms with Crippen molar-refractivity contribution in [3.05, 3.63) is 41.4 Å². The average Bonchev–Trinajstić information content (AvgIpc) is 3.04. The van der Waals surface area contributed by atoms with Gasteiger partial charge in [-0.15, -0.1) is 0 Å². The lowest BCUT2D eigenvalue weighted by Gasteiger charge is -2.10. The Bertz CT molecular complexity index is 674. The Morgan fingerprint density at radius 1 is 1.43 bits per heavy atom. The molecule has 0 saturated carbocycles. The molecule has 1 atom stereocenters. The average molecular weight is 292 g/mol. The van der Waals surface area contributed by atoms with E-state index >= 15 is 0 Å². The highest BCUT2D eigenvalue weighted by Gasteiger charge is 2.22. The third kappa shape index (κ3) is 2.95. The highest BCUT2D eigenvalue weighted by Crippen LogP contribution is 2.17. The molecule has 0 unspecified atom stereocenters. The van der Waals surface area contributed by atoms with Crippen LogP contribution in [0.5, 0.6) is 0 Å². The molecular formula is C13H16N4O4. The molecule has 112 valence electrons. The molecule has 2 rings (SSSR count). The van der Waals surface area contributed by atoms with Gasteiger partial charge in [-0.2, -0.15) is 0 Å². The van der Waals surface area contributed by atoms with Gasteiger partial charge in [-0.1, -0.05) is 0 Å². The Balaban J connectivity index is 2.14. The summed E-state index contributed by atoms with van der Waals surface area (Å²) in [4.78, 5) is 27.5. The van der Waals surface area contributed by atoms with Crippen LogP contribution in [0.2, 0.25) is 0 Å². The number of rotatable bonds is 4. The Labute approximate surface area is 120 Å². The van der Waals surface area contributed by atoms with Gasteiger partial charge in [-0.05, 0) is 26.0 Å². The molecule has 0 bridgehead atoms. The van der Waals surface area contributed by atoms with Crippen LogP contribution in [0.25, 0.3) is 0 Å². The molecule has 0 spiro atoms. The SMILES string of the molecule is Cc1nc([C@H](C)NC(=O)c2cccn2C)oc1C(=O)NO. The van der Waals surface area contributed by atoms with Crippen LogP contribution in [0.4, 0.5) is 0 Å². The standard InChI is InChI=1S/C13H16N4O4/c1-7-10(12(19)16-20)21-13(15-7)8(2)14-11(18)9-5-4-6-17(9)3/h4-6,8,20H,1-3H3,(H,14,18)(H,16,19)/t8-/m0/s1. The second-order valence-corrected chi connectivity index (χ2v) is 4.61. The number of hydroxylamine groups is 1. The van der Waals surface area contributed by atoms with Gasteiger partial charge in [0.05, 0.1) is 5.69 Å². The van der Waals surface area contributed by atoms with E-state index in [4.69, 9.17) is 9.62 Å². The molecular weight excluding hydrogens is 276 g/mol. The van der Waals surface area contributed by atoms with Crippen molar-refractivity contribution in [2.24, 2.45) is 7.05 Å². The topological polar surface area (TPSA) is 109 Å². The van der Waals surface area contributed by atoms with E-state index in [-0.39, 0.29) is 17.6 Å². The summed E-state index contributed by atoms with van der Waals surface area (Å²) < 4.78 is 6.96. The molecule has 21 heavy (non-hydrogen) atoms. The van der Waals surface area contributed by atoms with Crippen molar-refractivity contribution in [3.8, 4) is 0 Å². The molecule has 8 heteroatoms. The number of carbonyl (C=O) groups excluding carboxylic acids is 2. The van der Waals surface area contributed by atoms with Gasteiger partial charge < -0.3 is 14.3 Å². The van der Waals surface area contributed by atoms with Crippen molar-refractivity contribution in [1.29, 1.82) is 0 Å². The molecule has 0 saturated heterocycles. The first-order valence-electron chi connectivity index (χ1n) is 6.28. The third-order valence-electron chi connectivity index (χ3n) is 3.02. The first-order chi connectivity index (χ1) is 9.93. The number of nitrogens with one attached hydrogen (secondary N) is 2. The number of amides is 2. The molecule has 2 heterocycles. The molecule has 2 aromatic heterocycles. The molecule has 0 aliphatic rings. The maximum Gasteiger partial charge on any atom is 0.312 e. The molecule has 0 aliphatic heterocycles. The summed E-state index contributed by atoms with van der Waals surface area (Å²) in [5.41, 5.74) is 2.31. The van der Waals surface area contributed by atoms with Gasteiger partial charge in [-0.3, -0.25) is 14.8 Å². The van der Waals surface area contributed by atoms with E-state index in [1.165, 1.54) is 5.48 Å². The van der Waals surface area contributed by atoms with E-state index in [9.17, 15) is 9.59 Å². The molecule has 2 aromatic rings. The van der Waals surface area contributed by atoms with Crippen LogP contribution >= 0.6 is 0 Å². The zero-order valence-electron chi connectivity index (χ0n) is 11.9. The molecule has 0 aliphatic carbocycles. The Morgan fingerprint density at radius 3 is 2.71 bits per heavy atom. The lowest BCUT2D eigenvalue weighted by molar-refractivity contribution is 0.0672. The third-order valence-corrected chi connectivity index (χ3v) is 3.02. The minimum absolute atomic E-state index is 0.0903. The summed E-state index contributed by atoms with van der Waals surface area (Å²) >= 11 is 0. The minimum Gasteiger partial charge on any atom is -0.433 e. The number of hydrogen-bond acceptors (Lipinski definition) is 5. The van der Waals surface area contributed by atoms with Crippen molar-refractivity contribution in [2.75, 3.05) is 0 Å². The van der Waals surface area contributed by atoms with E-state index < -0.39 is 11.9 Å². The Kier molecular flexibility index (Phi) is 4.08. The number of oxazole rings is 1. The van der Waals surface area contributed by atoms with E-state index in [1.807, 2.05) is 0 Å². The van der Waals surface area contributed by atoms with E-state index in [1.54, 1.807) is 43.8 Å². The van der Waals surface area contributed by atoms with Gasteiger partial charge >= 0.3 is 5.91 Å². The smallest absolute Gasteiger partial charge is 0.312 e. The van der Waals surface area contributed by atoms with Crippen LogP contribution < -0.4 is 10.8 Å². The summed E-state index contributed by atoms with van der Waals surface area (Å²) in [6.07, 6.45) is 1.76. The van der Waals surface area contributed by atoms with Crippen molar-refractivity contribution in [2.45, 2.75) is 19.9 Å². The maximum absolute atomic E-state index is 12.1. The van der Waals surface area contributed by atoms with E-state index in [0.717, 1.165) is 0 Å². The van der Waals surface area contributed by atoms with Gasteiger partial charge in [-0.25, -0.2) is 10.5 Å². The van der Waals surface area contributed by atoms with Crippen LogP contribution in [0.1, 0.15) is 45.6 Å². The molecule has 8 nitrogen and oxygen atoms in total. The van der Waals surface area contributed by atoms with Crippen molar-refractivity contribution < 1.29 is 19.2 Å². The number of nitrogens with zero attached hydrogens (tertiary/aromatic N) is 2. The predicted octanol–water partition coefficient (Wildman–Crippen LogP) is 0.932. The monoisotopic (exact) mass is 292 g/mol. The molecule has 0 fully saturated rings. The van der Waals surface area contributed by atoms with Gasteiger partial charge in [0.15, 0.2) is 0 Å².